The van der Waals surface area contributed by atoms with Crippen LogP contribution >= 0.6 is 0 Å². The Bertz CT molecular complexity index is 912. The second-order valence-corrected chi connectivity index (χ2v) is 8.05. The zero-order chi connectivity index (χ0) is 20.6. The zero-order valence-electron chi connectivity index (χ0n) is 14.2. The normalized spacial score (nSPS) is 25.7. The van der Waals surface area contributed by atoms with E-state index >= 15 is 0 Å². The molecule has 2 unspecified atom stereocenters. The SMILES string of the molecule is CN=S1(=O)CC(C)(c2nc(N)ccc2F)N=C(OC(N)=O)N1CC(F)(F)F. The largest absolute Gasteiger partial charge is 0.412 e. The molecule has 1 aliphatic heterocycles. The van der Waals surface area contributed by atoms with Crippen LogP contribution in [-0.2, 0) is 20.2 Å². The number of aromatic nitrogens is 1. The molecule has 150 valence electrons. The van der Waals surface area contributed by atoms with Gasteiger partial charge in [-0.2, -0.15) is 13.2 Å². The molecule has 0 aliphatic carbocycles. The van der Waals surface area contributed by atoms with Gasteiger partial charge >= 0.3 is 18.3 Å². The van der Waals surface area contributed by atoms with Gasteiger partial charge < -0.3 is 16.2 Å². The number of halogens is 4. The number of ether oxygens (including phenoxy) is 1. The lowest BCUT2D eigenvalue weighted by Gasteiger charge is -2.38. The molecule has 0 saturated heterocycles. The molecule has 0 aromatic carbocycles. The Morgan fingerprint density at radius 3 is 2.63 bits per heavy atom. The maximum absolute atomic E-state index is 14.3. The second-order valence-electron chi connectivity index (χ2n) is 5.74. The Balaban J connectivity index is 2.72. The Labute approximate surface area is 151 Å². The van der Waals surface area contributed by atoms with Gasteiger partial charge in [-0.05, 0) is 19.1 Å². The van der Waals surface area contributed by atoms with Crippen LogP contribution in [0.2, 0.25) is 0 Å². The van der Waals surface area contributed by atoms with Crippen LogP contribution in [0.15, 0.2) is 21.5 Å². The van der Waals surface area contributed by atoms with Gasteiger partial charge in [-0.25, -0.2) is 32.0 Å². The highest BCUT2D eigenvalue weighted by atomic mass is 32.2. The molecule has 2 heterocycles. The number of nitrogens with zero attached hydrogens (tertiary/aromatic N) is 4. The molecule has 0 bridgehead atoms. The summed E-state index contributed by atoms with van der Waals surface area (Å²) in [6.07, 6.45) is -6.33. The van der Waals surface area contributed by atoms with E-state index in [1.807, 2.05) is 0 Å². The molecule has 2 atom stereocenters. The van der Waals surface area contributed by atoms with Crippen molar-refractivity contribution in [2.24, 2.45) is 15.1 Å². The van der Waals surface area contributed by atoms with Crippen LogP contribution in [-0.4, -0.2) is 51.1 Å². The number of aliphatic imine (C=N–C) groups is 1. The van der Waals surface area contributed by atoms with Crippen molar-refractivity contribution in [2.45, 2.75) is 18.6 Å². The van der Waals surface area contributed by atoms with Gasteiger partial charge in [-0.3, -0.25) is 0 Å². The van der Waals surface area contributed by atoms with Gasteiger partial charge in [0.25, 0.3) is 0 Å². The maximum atomic E-state index is 14.3. The fraction of sp³-hybridized carbons (Fsp3) is 0.462. The molecule has 1 aromatic rings. The topological polar surface area (TPSA) is 136 Å². The molecular weight excluding hydrogens is 396 g/mol. The molecule has 0 radical (unpaired) electrons. The van der Waals surface area contributed by atoms with Crippen LogP contribution in [0, 0.1) is 5.82 Å². The van der Waals surface area contributed by atoms with Crippen molar-refractivity contribution < 1.29 is 31.3 Å². The average Bonchev–Trinajstić information content (AvgIpc) is 2.52. The summed E-state index contributed by atoms with van der Waals surface area (Å²) in [5, 5.41) is 0. The molecule has 2 rings (SSSR count). The van der Waals surface area contributed by atoms with Gasteiger partial charge in [-0.1, -0.05) is 0 Å². The molecule has 0 saturated carbocycles. The second kappa shape index (κ2) is 6.83. The minimum Gasteiger partial charge on any atom is -0.384 e. The Morgan fingerprint density at radius 1 is 1.48 bits per heavy atom. The summed E-state index contributed by atoms with van der Waals surface area (Å²) in [6.45, 7) is -0.532. The summed E-state index contributed by atoms with van der Waals surface area (Å²) in [5.74, 6) is -1.65. The number of amides is 1. The van der Waals surface area contributed by atoms with Crippen LogP contribution in [0.1, 0.15) is 12.6 Å². The highest BCUT2D eigenvalue weighted by molar-refractivity contribution is 7.92. The maximum Gasteiger partial charge on any atom is 0.412 e. The molecule has 1 aromatic heterocycles. The quantitative estimate of drug-likeness (QED) is 0.707. The van der Waals surface area contributed by atoms with E-state index in [4.69, 9.17) is 11.5 Å². The van der Waals surface area contributed by atoms with E-state index in [1.165, 1.54) is 6.92 Å². The fourth-order valence-corrected chi connectivity index (χ4v) is 4.57. The summed E-state index contributed by atoms with van der Waals surface area (Å²) >= 11 is 0. The fourth-order valence-electron chi connectivity index (χ4n) is 2.48. The Kier molecular flexibility index (Phi) is 5.23. The average molecular weight is 412 g/mol. The third kappa shape index (κ3) is 4.37. The van der Waals surface area contributed by atoms with Crippen molar-refractivity contribution in [3.8, 4) is 0 Å². The number of nitrogens with two attached hydrogens (primary N) is 2. The van der Waals surface area contributed by atoms with Crippen LogP contribution in [0.25, 0.3) is 0 Å². The van der Waals surface area contributed by atoms with Gasteiger partial charge in [0, 0.05) is 7.05 Å². The number of alkyl halides is 3. The van der Waals surface area contributed by atoms with E-state index in [0.717, 1.165) is 19.2 Å². The van der Waals surface area contributed by atoms with Crippen molar-refractivity contribution in [2.75, 3.05) is 25.1 Å². The first-order valence-electron chi connectivity index (χ1n) is 7.27. The lowest BCUT2D eigenvalue weighted by molar-refractivity contribution is -0.131. The van der Waals surface area contributed by atoms with Crippen molar-refractivity contribution in [3.05, 3.63) is 23.6 Å². The first-order chi connectivity index (χ1) is 12.3. The van der Waals surface area contributed by atoms with E-state index in [9.17, 15) is 26.6 Å². The molecule has 4 N–H and O–H groups in total. The predicted octanol–water partition coefficient (Wildman–Crippen LogP) is 1.36. The van der Waals surface area contributed by atoms with Gasteiger partial charge in [0.05, 0.1) is 5.75 Å². The molecule has 9 nitrogen and oxygen atoms in total. The van der Waals surface area contributed by atoms with E-state index in [-0.39, 0.29) is 10.1 Å². The Hall–Kier alpha value is -2.64. The number of pyridine rings is 1. The lowest BCUT2D eigenvalue weighted by Crippen LogP contribution is -2.53. The summed E-state index contributed by atoms with van der Waals surface area (Å²) in [6, 6.07) is 1.13. The number of nitrogen functional groups attached to an aromatic ring is 1. The van der Waals surface area contributed by atoms with E-state index in [2.05, 4.69) is 19.1 Å². The van der Waals surface area contributed by atoms with Crippen molar-refractivity contribution in [3.63, 3.8) is 0 Å². The van der Waals surface area contributed by atoms with Crippen LogP contribution < -0.4 is 11.5 Å². The molecule has 27 heavy (non-hydrogen) atoms. The number of rotatable bonds is 2. The number of carbonyl (C=O) groups is 1. The van der Waals surface area contributed by atoms with E-state index in [1.54, 1.807) is 0 Å². The van der Waals surface area contributed by atoms with Crippen LogP contribution in [0.5, 0.6) is 0 Å². The highest BCUT2D eigenvalue weighted by Gasteiger charge is 2.48. The molecule has 0 spiro atoms. The standard InChI is InChI=1S/C13H16F4N6O3S/c1-12(9-7(14)3-4-8(18)21-9)6-27(25,20-2)23(5-13(15,16)17)11(22-12)26-10(19)24/h3-4H,5-6H2,1-2H3,(H2,18,21)(H2,19,24). The van der Waals surface area contributed by atoms with Crippen molar-refractivity contribution >= 4 is 27.8 Å². The number of hydrogen-bond donors (Lipinski definition) is 2. The first kappa shape index (κ1) is 20.7. The number of amidine groups is 1. The van der Waals surface area contributed by atoms with Gasteiger partial charge in [0.1, 0.15) is 39.3 Å². The van der Waals surface area contributed by atoms with Crippen molar-refractivity contribution in [1.82, 2.24) is 9.29 Å². The monoisotopic (exact) mass is 412 g/mol. The first-order valence-corrected chi connectivity index (χ1v) is 8.91. The number of anilines is 1. The van der Waals surface area contributed by atoms with E-state index in [0.29, 0.717) is 0 Å². The summed E-state index contributed by atoms with van der Waals surface area (Å²) in [7, 11) is -2.84. The van der Waals surface area contributed by atoms with Gasteiger partial charge in [0.15, 0.2) is 0 Å². The summed E-state index contributed by atoms with van der Waals surface area (Å²) < 4.78 is 74.5. The summed E-state index contributed by atoms with van der Waals surface area (Å²) in [4.78, 5) is 18.8. The lowest BCUT2D eigenvalue weighted by atomic mass is 10.00. The summed E-state index contributed by atoms with van der Waals surface area (Å²) in [5.41, 5.74) is 8.23. The van der Waals surface area contributed by atoms with Crippen molar-refractivity contribution in [1.29, 1.82) is 0 Å². The molecule has 1 amide bonds. The molecule has 0 fully saturated rings. The van der Waals surface area contributed by atoms with Crippen LogP contribution in [0.4, 0.5) is 28.2 Å². The molecule has 14 heteroatoms. The predicted molar refractivity (Wildman–Crippen MR) is 88.2 cm³/mol. The number of hydrogen-bond acceptors (Lipinski definition) is 7. The zero-order valence-corrected chi connectivity index (χ0v) is 15.0. The molecular formula is C13H16F4N6O3S. The smallest absolute Gasteiger partial charge is 0.384 e. The van der Waals surface area contributed by atoms with E-state index < -0.39 is 57.6 Å². The minimum atomic E-state index is -4.83. The molecule has 1 aliphatic rings. The van der Waals surface area contributed by atoms with Gasteiger partial charge in [-0.15, -0.1) is 0 Å². The van der Waals surface area contributed by atoms with Gasteiger partial charge in [0.2, 0.25) is 0 Å². The van der Waals surface area contributed by atoms with Crippen LogP contribution in [0.3, 0.4) is 0 Å². The number of primary amides is 1. The highest BCUT2D eigenvalue weighted by Crippen LogP contribution is 2.36. The Morgan fingerprint density at radius 2 is 2.11 bits per heavy atom. The third-order valence-corrected chi connectivity index (χ3v) is 6.03. The number of carbonyl (C=O) groups excluding carboxylic acids is 1. The minimum absolute atomic E-state index is 0.0992. The third-order valence-electron chi connectivity index (χ3n) is 3.55.